The fourth-order valence-corrected chi connectivity index (χ4v) is 2.32. The summed E-state index contributed by atoms with van der Waals surface area (Å²) in [6, 6.07) is 0. The maximum Gasteiger partial charge on any atom is 0.163 e. The van der Waals surface area contributed by atoms with Crippen molar-refractivity contribution in [3.8, 4) is 0 Å². The Balaban J connectivity index is 5.65. The summed E-state index contributed by atoms with van der Waals surface area (Å²) in [4.78, 5) is 37.5. The predicted molar refractivity (Wildman–Crippen MR) is 143 cm³/mol. The van der Waals surface area contributed by atoms with Crippen LogP contribution < -0.4 is 0 Å². The molecule has 0 amide bonds. The largest absolute Gasteiger partial charge is 0.374 e. The fourth-order valence-electron chi connectivity index (χ4n) is 2.32. The minimum absolute atomic E-state index is 0.0111. The lowest BCUT2D eigenvalue weighted by molar-refractivity contribution is -0.157. The molecule has 36 heavy (non-hydrogen) atoms. The normalized spacial score (nSPS) is 14.9. The number of hydrogen-bond donors (Lipinski definition) is 0. The molecule has 0 aliphatic rings. The molecule has 7 heteroatoms. The number of ketones is 3. The zero-order valence-corrected chi connectivity index (χ0v) is 25.0. The number of ether oxygens (including phenoxy) is 4. The van der Waals surface area contributed by atoms with E-state index in [4.69, 9.17) is 18.9 Å². The smallest absolute Gasteiger partial charge is 0.163 e. The number of carbonyl (C=O) groups excluding carboxylic acids is 3. The maximum absolute atomic E-state index is 12.6. The van der Waals surface area contributed by atoms with Crippen molar-refractivity contribution in [1.29, 1.82) is 0 Å². The Bertz CT molecular complexity index is 676. The summed E-state index contributed by atoms with van der Waals surface area (Å²) in [5.74, 6) is -0.199. The quantitative estimate of drug-likeness (QED) is 0.277. The highest BCUT2D eigenvalue weighted by molar-refractivity contribution is 5.85. The molecule has 0 aromatic rings. The Labute approximate surface area is 219 Å². The van der Waals surface area contributed by atoms with Gasteiger partial charge < -0.3 is 18.9 Å². The van der Waals surface area contributed by atoms with Crippen LogP contribution in [0.3, 0.4) is 0 Å². The molecule has 0 bridgehead atoms. The van der Waals surface area contributed by atoms with Crippen molar-refractivity contribution < 1.29 is 33.3 Å². The van der Waals surface area contributed by atoms with Crippen LogP contribution in [-0.2, 0) is 33.3 Å². The summed E-state index contributed by atoms with van der Waals surface area (Å²) in [7, 11) is 0. The lowest BCUT2D eigenvalue weighted by Crippen LogP contribution is -2.43. The minimum Gasteiger partial charge on any atom is -0.374 e. The first-order valence-electron chi connectivity index (χ1n) is 12.7. The van der Waals surface area contributed by atoms with Crippen LogP contribution in [0.4, 0.5) is 0 Å². The van der Waals surface area contributed by atoms with Gasteiger partial charge in [-0.25, -0.2) is 0 Å². The lowest BCUT2D eigenvalue weighted by atomic mass is 9.88. The van der Waals surface area contributed by atoms with Gasteiger partial charge in [-0.1, -0.05) is 89.7 Å². The first kappa shape index (κ1) is 34.6. The molecular formula is C29H52O7. The fraction of sp³-hybridized carbons (Fsp3) is 0.828. The molecule has 2 unspecified atom stereocenters. The zero-order valence-electron chi connectivity index (χ0n) is 25.0. The summed E-state index contributed by atoms with van der Waals surface area (Å²) in [6.07, 6.45) is -1.42. The maximum atomic E-state index is 12.6. The Morgan fingerprint density at radius 2 is 0.833 bits per heavy atom. The van der Waals surface area contributed by atoms with Crippen LogP contribution in [0, 0.1) is 21.7 Å². The van der Waals surface area contributed by atoms with Crippen molar-refractivity contribution in [3.05, 3.63) is 12.2 Å². The second-order valence-corrected chi connectivity index (χ2v) is 13.6. The molecule has 0 N–H and O–H groups in total. The molecule has 0 spiro atoms. The van der Waals surface area contributed by atoms with E-state index in [2.05, 4.69) is 27.4 Å². The second-order valence-electron chi connectivity index (χ2n) is 13.6. The highest BCUT2D eigenvalue weighted by Crippen LogP contribution is 2.24. The monoisotopic (exact) mass is 512 g/mol. The lowest BCUT2D eigenvalue weighted by Gasteiger charge is -2.30. The number of hydrogen-bond acceptors (Lipinski definition) is 7. The van der Waals surface area contributed by atoms with Gasteiger partial charge in [0, 0.05) is 16.2 Å². The van der Waals surface area contributed by atoms with Gasteiger partial charge in [0.05, 0.1) is 19.8 Å². The van der Waals surface area contributed by atoms with Crippen molar-refractivity contribution in [3.63, 3.8) is 0 Å². The van der Waals surface area contributed by atoms with Crippen LogP contribution in [0.1, 0.15) is 83.1 Å². The average molecular weight is 513 g/mol. The molecule has 0 heterocycles. The third kappa shape index (κ3) is 13.8. The zero-order chi connectivity index (χ0) is 28.5. The highest BCUT2D eigenvalue weighted by atomic mass is 16.6. The average Bonchev–Trinajstić information content (AvgIpc) is 2.69. The van der Waals surface area contributed by atoms with Crippen LogP contribution in [0.2, 0.25) is 0 Å². The van der Waals surface area contributed by atoms with Crippen LogP contribution in [0.25, 0.3) is 0 Å². The molecular weight excluding hydrogens is 460 g/mol. The molecule has 0 saturated carbocycles. The molecule has 0 fully saturated rings. The summed E-state index contributed by atoms with van der Waals surface area (Å²) in [5.41, 5.74) is -0.888. The summed E-state index contributed by atoms with van der Waals surface area (Å²) in [5, 5.41) is 0. The van der Waals surface area contributed by atoms with E-state index in [1.165, 1.54) is 0 Å². The molecule has 0 rings (SSSR count). The molecule has 0 aliphatic heterocycles. The molecule has 0 aliphatic carbocycles. The number of carbonyl (C=O) groups is 3. The van der Waals surface area contributed by atoms with Crippen LogP contribution in [0.15, 0.2) is 12.2 Å². The third-order valence-electron chi connectivity index (χ3n) is 5.92. The summed E-state index contributed by atoms with van der Waals surface area (Å²) >= 11 is 0. The Kier molecular flexibility index (Phi) is 13.4. The van der Waals surface area contributed by atoms with E-state index < -0.39 is 28.5 Å². The molecule has 7 nitrogen and oxygen atoms in total. The van der Waals surface area contributed by atoms with E-state index in [1.54, 1.807) is 0 Å². The van der Waals surface area contributed by atoms with Crippen LogP contribution >= 0.6 is 0 Å². The molecule has 2 atom stereocenters. The molecule has 0 aromatic carbocycles. The van der Waals surface area contributed by atoms with Crippen molar-refractivity contribution >= 4 is 17.3 Å². The molecule has 0 aromatic heterocycles. The number of rotatable bonds is 15. The van der Waals surface area contributed by atoms with Gasteiger partial charge in [-0.2, -0.15) is 0 Å². The Hall–Kier alpha value is -1.41. The first-order chi connectivity index (χ1) is 16.1. The number of Topliss-reactive ketones (excluding diaryl/α,β-unsaturated/α-hetero) is 3. The first-order valence-corrected chi connectivity index (χ1v) is 12.7. The van der Waals surface area contributed by atoms with Gasteiger partial charge in [0.2, 0.25) is 0 Å². The van der Waals surface area contributed by atoms with E-state index in [9.17, 15) is 14.4 Å². The van der Waals surface area contributed by atoms with Crippen molar-refractivity contribution in [2.45, 2.75) is 95.3 Å². The standard InChI is InChI=1S/C29H52O7/c1-20(26(2,3)4)14-33-15-21(35-18-24(31)28(8,9)10)22(36-19-25(32)29(11,12)13)16-34-17-23(30)27(5,6)7/h21-22H,1,14-19H2,2-13H3. The molecule has 0 radical (unpaired) electrons. The van der Waals surface area contributed by atoms with Gasteiger partial charge in [-0.05, 0) is 11.0 Å². The van der Waals surface area contributed by atoms with Gasteiger partial charge in [0.25, 0.3) is 0 Å². The summed E-state index contributed by atoms with van der Waals surface area (Å²) < 4.78 is 23.6. The minimum atomic E-state index is -0.722. The van der Waals surface area contributed by atoms with E-state index in [1.807, 2.05) is 62.3 Å². The van der Waals surface area contributed by atoms with Crippen molar-refractivity contribution in [2.24, 2.45) is 21.7 Å². The Morgan fingerprint density at radius 1 is 0.528 bits per heavy atom. The van der Waals surface area contributed by atoms with E-state index in [0.717, 1.165) is 5.57 Å². The van der Waals surface area contributed by atoms with Gasteiger partial charge in [-0.15, -0.1) is 0 Å². The van der Waals surface area contributed by atoms with Gasteiger partial charge in [-0.3, -0.25) is 14.4 Å². The SMILES string of the molecule is C=C(COCC(OCC(=O)C(C)(C)C)C(COCC(=O)C(C)(C)C)OCC(=O)C(C)(C)C)C(C)(C)C. The summed E-state index contributed by atoms with van der Waals surface area (Å²) in [6.45, 7) is 26.8. The predicted octanol–water partition coefficient (Wildman–Crippen LogP) is 5.24. The topological polar surface area (TPSA) is 88.1 Å². The molecule has 0 saturated heterocycles. The second kappa shape index (κ2) is 13.9. The van der Waals surface area contributed by atoms with Gasteiger partial charge in [0.1, 0.15) is 32.0 Å². The van der Waals surface area contributed by atoms with Crippen molar-refractivity contribution in [1.82, 2.24) is 0 Å². The van der Waals surface area contributed by atoms with Crippen molar-refractivity contribution in [2.75, 3.05) is 39.6 Å². The van der Waals surface area contributed by atoms with Gasteiger partial charge in [0.15, 0.2) is 17.3 Å². The highest BCUT2D eigenvalue weighted by Gasteiger charge is 2.31. The molecule has 210 valence electrons. The third-order valence-corrected chi connectivity index (χ3v) is 5.92. The van der Waals surface area contributed by atoms with E-state index in [-0.39, 0.29) is 55.8 Å². The van der Waals surface area contributed by atoms with E-state index >= 15 is 0 Å². The van der Waals surface area contributed by atoms with Crippen LogP contribution in [-0.4, -0.2) is 69.2 Å². The van der Waals surface area contributed by atoms with Crippen LogP contribution in [0.5, 0.6) is 0 Å². The van der Waals surface area contributed by atoms with Gasteiger partial charge >= 0.3 is 0 Å². The van der Waals surface area contributed by atoms with E-state index in [0.29, 0.717) is 6.61 Å². The Morgan fingerprint density at radius 3 is 1.14 bits per heavy atom.